The molecule has 6 nitrogen and oxygen atoms in total. The van der Waals surface area contributed by atoms with E-state index in [1.165, 1.54) is 37.8 Å². The Labute approximate surface area is 183 Å². The van der Waals surface area contributed by atoms with Gasteiger partial charge in [0.05, 0.1) is 21.4 Å². The third-order valence-electron chi connectivity index (χ3n) is 7.99. The van der Waals surface area contributed by atoms with E-state index in [4.69, 9.17) is 9.47 Å². The van der Waals surface area contributed by atoms with Gasteiger partial charge in [-0.2, -0.15) is 0 Å². The number of benzene rings is 1. The Morgan fingerprint density at radius 2 is 1.97 bits per heavy atom. The summed E-state index contributed by atoms with van der Waals surface area (Å²) in [6.07, 6.45) is 7.03. The van der Waals surface area contributed by atoms with Crippen LogP contribution >= 0.6 is 0 Å². The smallest absolute Gasteiger partial charge is 0.338 e. The molecule has 2 bridgehead atoms. The lowest BCUT2D eigenvalue weighted by atomic mass is 9.68. The van der Waals surface area contributed by atoms with E-state index in [1.54, 1.807) is 0 Å². The first-order valence-electron chi connectivity index (χ1n) is 11.2. The minimum Gasteiger partial charge on any atom is -0.748 e. The Bertz CT molecular complexity index is 947. The number of halogens is 1. The summed E-state index contributed by atoms with van der Waals surface area (Å²) in [6, 6.07) is 3.73. The first-order valence-corrected chi connectivity index (χ1v) is 12.8. The summed E-state index contributed by atoms with van der Waals surface area (Å²) < 4.78 is 57.7. The molecule has 31 heavy (non-hydrogen) atoms. The largest absolute Gasteiger partial charge is 0.748 e. The molecule has 6 atom stereocenters. The van der Waals surface area contributed by atoms with Gasteiger partial charge in [0.1, 0.15) is 12.2 Å². The Morgan fingerprint density at radius 1 is 1.23 bits per heavy atom. The van der Waals surface area contributed by atoms with E-state index >= 15 is 0 Å². The van der Waals surface area contributed by atoms with Crippen molar-refractivity contribution in [1.29, 1.82) is 0 Å². The Morgan fingerprint density at radius 3 is 2.68 bits per heavy atom. The molecule has 1 aromatic carbocycles. The molecule has 4 rings (SSSR count). The summed E-state index contributed by atoms with van der Waals surface area (Å²) in [5.41, 5.74) is -0.477. The number of carbonyl (C=O) groups excluding carboxylic acids is 1. The zero-order valence-electron chi connectivity index (χ0n) is 18.0. The van der Waals surface area contributed by atoms with Crippen molar-refractivity contribution in [3.05, 3.63) is 29.6 Å². The Hall–Kier alpha value is -1.67. The topological polar surface area (TPSA) is 92.7 Å². The minimum absolute atomic E-state index is 0.000918. The SMILES string of the molecule is CCC(C)(Oc1cc(C(=O)OCCS(=O)(=O)[O-])ccc1F)C1CC2CC1C1CCCC21. The number of hydrogen-bond donors (Lipinski definition) is 0. The molecule has 0 N–H and O–H groups in total. The highest BCUT2D eigenvalue weighted by atomic mass is 32.2. The molecule has 3 aliphatic carbocycles. The lowest BCUT2D eigenvalue weighted by molar-refractivity contribution is -0.0252. The van der Waals surface area contributed by atoms with Gasteiger partial charge in [0.2, 0.25) is 0 Å². The van der Waals surface area contributed by atoms with Crippen LogP contribution in [-0.4, -0.2) is 36.9 Å². The van der Waals surface area contributed by atoms with Crippen LogP contribution in [0.5, 0.6) is 5.75 Å². The van der Waals surface area contributed by atoms with E-state index in [0.29, 0.717) is 11.8 Å². The maximum absolute atomic E-state index is 14.6. The molecule has 0 radical (unpaired) electrons. The van der Waals surface area contributed by atoms with E-state index in [2.05, 4.69) is 6.92 Å². The van der Waals surface area contributed by atoms with Crippen LogP contribution in [0.3, 0.4) is 0 Å². The minimum atomic E-state index is -4.48. The molecule has 3 saturated carbocycles. The second kappa shape index (κ2) is 8.35. The fourth-order valence-electron chi connectivity index (χ4n) is 6.46. The number of rotatable bonds is 8. The Kier molecular flexibility index (Phi) is 6.07. The van der Waals surface area contributed by atoms with Crippen LogP contribution in [0.1, 0.15) is 62.7 Å². The molecular formula is C23H30FO6S-. The van der Waals surface area contributed by atoms with Crippen LogP contribution in [0.2, 0.25) is 0 Å². The zero-order chi connectivity index (χ0) is 22.4. The number of esters is 1. The second-order valence-electron chi connectivity index (χ2n) is 9.57. The molecule has 6 unspecified atom stereocenters. The number of carbonyl (C=O) groups is 1. The van der Waals surface area contributed by atoms with Gasteiger partial charge in [0.15, 0.2) is 11.6 Å². The van der Waals surface area contributed by atoms with Gasteiger partial charge in [0.25, 0.3) is 0 Å². The molecular weight excluding hydrogens is 423 g/mol. The van der Waals surface area contributed by atoms with Crippen molar-refractivity contribution in [3.8, 4) is 5.75 Å². The molecule has 3 fully saturated rings. The van der Waals surface area contributed by atoms with Crippen LogP contribution in [0.4, 0.5) is 4.39 Å². The third-order valence-corrected chi connectivity index (χ3v) is 8.66. The molecule has 0 aliphatic heterocycles. The van der Waals surface area contributed by atoms with E-state index in [0.717, 1.165) is 36.7 Å². The fourth-order valence-corrected chi connectivity index (χ4v) is 6.75. The van der Waals surface area contributed by atoms with Crippen molar-refractivity contribution in [2.45, 2.75) is 58.0 Å². The second-order valence-corrected chi connectivity index (χ2v) is 11.1. The molecule has 172 valence electrons. The molecule has 0 amide bonds. The standard InChI is InChI=1S/C23H31FO6S/c1-3-23(2,19-12-15-11-18(19)17-6-4-5-16(15)17)30-21-13-14(7-8-20(21)24)22(25)29-9-10-31(26,27)28/h7-8,13,15-19H,3-6,9-12H2,1-2H3,(H,26,27,28)/p-1. The summed E-state index contributed by atoms with van der Waals surface area (Å²) in [5.74, 6) is 1.18. The quantitative estimate of drug-likeness (QED) is 0.434. The molecule has 8 heteroatoms. The van der Waals surface area contributed by atoms with Gasteiger partial charge in [-0.05, 0) is 80.9 Å². The van der Waals surface area contributed by atoms with Crippen molar-refractivity contribution >= 4 is 16.1 Å². The lowest BCUT2D eigenvalue weighted by Gasteiger charge is -2.43. The number of fused-ring (bicyclic) bond motifs is 5. The van der Waals surface area contributed by atoms with E-state index < -0.39 is 39.9 Å². The predicted molar refractivity (Wildman–Crippen MR) is 111 cm³/mol. The van der Waals surface area contributed by atoms with E-state index in [9.17, 15) is 22.2 Å². The third kappa shape index (κ3) is 4.46. The molecule has 0 spiro atoms. The summed E-state index contributed by atoms with van der Waals surface area (Å²) in [6.45, 7) is 3.56. The van der Waals surface area contributed by atoms with Crippen LogP contribution in [-0.2, 0) is 14.9 Å². The van der Waals surface area contributed by atoms with E-state index in [-0.39, 0.29) is 11.3 Å². The van der Waals surface area contributed by atoms with Crippen molar-refractivity contribution in [3.63, 3.8) is 0 Å². The molecule has 0 aromatic heterocycles. The molecule has 3 aliphatic rings. The summed E-state index contributed by atoms with van der Waals surface area (Å²) in [7, 11) is -4.48. The maximum Gasteiger partial charge on any atom is 0.338 e. The van der Waals surface area contributed by atoms with Crippen molar-refractivity contribution in [1.82, 2.24) is 0 Å². The van der Waals surface area contributed by atoms with Crippen LogP contribution < -0.4 is 4.74 Å². The zero-order valence-corrected chi connectivity index (χ0v) is 18.8. The average Bonchev–Trinajstić information content (AvgIpc) is 3.42. The normalized spacial score (nSPS) is 31.3. The van der Waals surface area contributed by atoms with Gasteiger partial charge < -0.3 is 14.0 Å². The first kappa shape index (κ1) is 22.5. The lowest BCUT2D eigenvalue weighted by Crippen LogP contribution is -2.45. The van der Waals surface area contributed by atoms with Gasteiger partial charge in [-0.25, -0.2) is 17.6 Å². The molecule has 0 saturated heterocycles. The highest BCUT2D eigenvalue weighted by Gasteiger charge is 2.58. The van der Waals surface area contributed by atoms with Gasteiger partial charge in [-0.3, -0.25) is 0 Å². The van der Waals surface area contributed by atoms with Gasteiger partial charge in [-0.1, -0.05) is 13.3 Å². The highest BCUT2D eigenvalue weighted by Crippen LogP contribution is 2.63. The monoisotopic (exact) mass is 453 g/mol. The maximum atomic E-state index is 14.6. The average molecular weight is 454 g/mol. The summed E-state index contributed by atoms with van der Waals surface area (Å²) >= 11 is 0. The summed E-state index contributed by atoms with van der Waals surface area (Å²) in [4.78, 5) is 12.2. The Balaban J connectivity index is 1.48. The molecule has 1 aromatic rings. The summed E-state index contributed by atoms with van der Waals surface area (Å²) in [5, 5.41) is 0. The van der Waals surface area contributed by atoms with Crippen molar-refractivity contribution < 1.29 is 31.6 Å². The first-order chi connectivity index (χ1) is 14.6. The van der Waals surface area contributed by atoms with Crippen LogP contribution in [0.15, 0.2) is 18.2 Å². The van der Waals surface area contributed by atoms with Crippen molar-refractivity contribution in [2.75, 3.05) is 12.4 Å². The van der Waals surface area contributed by atoms with Gasteiger partial charge in [0, 0.05) is 5.92 Å². The van der Waals surface area contributed by atoms with Gasteiger partial charge >= 0.3 is 5.97 Å². The number of hydrogen-bond acceptors (Lipinski definition) is 6. The fraction of sp³-hybridized carbons (Fsp3) is 0.696. The van der Waals surface area contributed by atoms with Crippen molar-refractivity contribution in [2.24, 2.45) is 29.6 Å². The van der Waals surface area contributed by atoms with Gasteiger partial charge in [-0.15, -0.1) is 0 Å². The predicted octanol–water partition coefficient (Wildman–Crippen LogP) is 4.15. The van der Waals surface area contributed by atoms with E-state index in [1.807, 2.05) is 6.92 Å². The van der Waals surface area contributed by atoms with Crippen LogP contribution in [0.25, 0.3) is 0 Å². The molecule has 0 heterocycles. The number of ether oxygens (including phenoxy) is 2. The highest BCUT2D eigenvalue weighted by molar-refractivity contribution is 7.85. The van der Waals surface area contributed by atoms with Crippen LogP contribution in [0, 0.1) is 35.4 Å².